The van der Waals surface area contributed by atoms with Crippen molar-refractivity contribution in [3.8, 4) is 0 Å². The summed E-state index contributed by atoms with van der Waals surface area (Å²) in [5.41, 5.74) is 11.3. The number of nitrogens with zero attached hydrogens (tertiary/aromatic N) is 5. The van der Waals surface area contributed by atoms with Gasteiger partial charge in [-0.2, -0.15) is 9.97 Å². The Morgan fingerprint density at radius 3 is 1.77 bits per heavy atom. The number of fused-ring (bicyclic) bond motifs is 2. The molecule has 6 rings (SSSR count). The number of rotatable bonds is 19. The maximum atomic E-state index is 12.4. The van der Waals surface area contributed by atoms with Crippen LogP contribution >= 0.6 is 0 Å². The molecule has 13 N–H and O–H groups in total. The topological polar surface area (TPSA) is 437 Å². The molecule has 69 heavy (non-hydrogen) atoms. The summed E-state index contributed by atoms with van der Waals surface area (Å²) in [5, 5.41) is 53.2. The molecule has 0 bridgehead atoms. The first kappa shape index (κ1) is 53.6. The first-order valence-corrected chi connectivity index (χ1v) is 20.2. The van der Waals surface area contributed by atoms with E-state index >= 15 is 0 Å². The number of aromatic nitrogens is 4. The van der Waals surface area contributed by atoms with Crippen molar-refractivity contribution in [3.63, 3.8) is 0 Å². The van der Waals surface area contributed by atoms with Crippen LogP contribution in [0.3, 0.4) is 0 Å². The number of H-pyrrole nitrogens is 2. The van der Waals surface area contributed by atoms with Gasteiger partial charge in [0, 0.05) is 55.0 Å². The number of carbonyl (C=O) groups is 8. The number of anilines is 8. The van der Waals surface area contributed by atoms with Crippen molar-refractivity contribution in [1.29, 1.82) is 0 Å². The van der Waals surface area contributed by atoms with Gasteiger partial charge in [0.05, 0.1) is 24.6 Å². The van der Waals surface area contributed by atoms with Gasteiger partial charge >= 0.3 is 60.8 Å². The zero-order valence-corrected chi connectivity index (χ0v) is 38.6. The summed E-state index contributed by atoms with van der Waals surface area (Å²) in [6.07, 6.45) is -1.14. The van der Waals surface area contributed by atoms with E-state index in [0.29, 0.717) is 36.6 Å². The van der Waals surface area contributed by atoms with Crippen LogP contribution in [0.4, 0.5) is 46.3 Å². The molecule has 360 valence electrons. The Balaban J connectivity index is 0.000000296. The monoisotopic (exact) mass is 984 g/mol. The minimum absolute atomic E-state index is 0. The second-order valence-electron chi connectivity index (χ2n) is 14.9. The molecule has 2 unspecified atom stereocenters. The standard InChI is InChI=1S/2C20H23N7O7.Ca/c1-26(13-8-22-16-15(27(13)9-28)18(32)25-20(21)24-16)11-4-2-10(3-5-11)17(31)23-12(19(33)34)6-7-14(29)30;21-20-25-16-15(18(32)26-20)27(9-28)12(8-23-16)7-22-11-3-1-10(2-4-11)17(31)24-13(19(33)34)5-6-14(29)30;/h2-5,9,12-13H,6-8H2,1H3,(H,23,31)(H,29,30)(H,33,34)(H4,21,22,24,25,32);1-4,9,12-13,22H,5-8H2,(H,24,31)(H,29,30)(H,33,34)(H4,21,23,25,26,32);/q;;+2/p-2/t2*12?,13-;/m00./s1. The molecule has 4 heterocycles. The molecule has 2 aliphatic heterocycles. The van der Waals surface area contributed by atoms with Crippen molar-refractivity contribution < 1.29 is 58.8 Å². The molecule has 28 nitrogen and oxygen atoms in total. The van der Waals surface area contributed by atoms with Crippen molar-refractivity contribution in [2.24, 2.45) is 0 Å². The first-order valence-electron chi connectivity index (χ1n) is 20.2. The number of nitrogens with one attached hydrogen (secondary N) is 7. The molecule has 0 aliphatic carbocycles. The summed E-state index contributed by atoms with van der Waals surface area (Å²) in [6.45, 7) is 0.805. The quantitative estimate of drug-likeness (QED) is 0.0311. The number of likely N-dealkylation sites (N-methyl/N-ethyl adjacent to an activating group) is 1. The fourth-order valence-corrected chi connectivity index (χ4v) is 6.92. The molecule has 0 fully saturated rings. The Bertz CT molecular complexity index is 2690. The maximum absolute atomic E-state index is 12.4. The van der Waals surface area contributed by atoms with Crippen molar-refractivity contribution in [3.05, 3.63) is 80.4 Å². The zero-order valence-electron chi connectivity index (χ0n) is 36.4. The van der Waals surface area contributed by atoms with Crippen molar-refractivity contribution in [1.82, 2.24) is 30.6 Å². The van der Waals surface area contributed by atoms with E-state index in [0.717, 1.165) is 0 Å². The molecule has 29 heteroatoms. The van der Waals surface area contributed by atoms with Gasteiger partial charge < -0.3 is 87.8 Å². The maximum Gasteiger partial charge on any atom is 2.00 e. The minimum Gasteiger partial charge on any atom is -0.550 e. The Kier molecular flexibility index (Phi) is 18.8. The number of nitrogens with two attached hydrogens (primary N) is 2. The smallest absolute Gasteiger partial charge is 0.550 e. The number of hydrogen-bond donors (Lipinski definition) is 11. The van der Waals surface area contributed by atoms with E-state index in [-0.39, 0.29) is 104 Å². The molecule has 2 aromatic heterocycles. The van der Waals surface area contributed by atoms with Crippen LogP contribution in [0.5, 0.6) is 0 Å². The summed E-state index contributed by atoms with van der Waals surface area (Å²) in [6, 6.07) is 8.84. The number of nitrogen functional groups attached to an aromatic ring is 2. The average Bonchev–Trinajstić information content (AvgIpc) is 3.29. The Labute approximate surface area is 418 Å². The van der Waals surface area contributed by atoms with Crippen molar-refractivity contribution >= 4 is 133 Å². The second kappa shape index (κ2) is 24.2. The van der Waals surface area contributed by atoms with Crippen LogP contribution in [0, 0.1) is 0 Å². The van der Waals surface area contributed by atoms with Gasteiger partial charge in [-0.3, -0.25) is 38.5 Å². The van der Waals surface area contributed by atoms with E-state index in [9.17, 15) is 63.3 Å². The summed E-state index contributed by atoms with van der Waals surface area (Å²) >= 11 is 0. The molecule has 2 aromatic carbocycles. The van der Waals surface area contributed by atoms with Crippen LogP contribution in [0.1, 0.15) is 46.4 Å². The summed E-state index contributed by atoms with van der Waals surface area (Å²) < 4.78 is 0. The number of aliphatic carboxylic acids is 4. The Hall–Kier alpha value is -7.98. The van der Waals surface area contributed by atoms with E-state index in [1.807, 2.05) is 0 Å². The van der Waals surface area contributed by atoms with E-state index < -0.39 is 83.9 Å². The summed E-state index contributed by atoms with van der Waals surface area (Å²) in [5.74, 6) is -6.53. The Morgan fingerprint density at radius 1 is 0.783 bits per heavy atom. The van der Waals surface area contributed by atoms with Crippen molar-refractivity contribution in [2.45, 2.75) is 50.0 Å². The number of aromatic amines is 2. The molecule has 0 saturated carbocycles. The van der Waals surface area contributed by atoms with Crippen LogP contribution in [-0.4, -0.2) is 167 Å². The van der Waals surface area contributed by atoms with Crippen LogP contribution in [-0.2, 0) is 28.8 Å². The fourth-order valence-electron chi connectivity index (χ4n) is 6.92. The van der Waals surface area contributed by atoms with Crippen LogP contribution in [0.25, 0.3) is 0 Å². The largest absolute Gasteiger partial charge is 2.00 e. The van der Waals surface area contributed by atoms with Crippen molar-refractivity contribution in [2.75, 3.05) is 68.8 Å². The molecule has 4 aromatic rings. The van der Waals surface area contributed by atoms with Gasteiger partial charge in [0.1, 0.15) is 23.8 Å². The van der Waals surface area contributed by atoms with Gasteiger partial charge in [-0.15, -0.1) is 0 Å². The predicted molar refractivity (Wildman–Crippen MR) is 242 cm³/mol. The normalized spacial score (nSPS) is 15.2. The average molecular weight is 985 g/mol. The summed E-state index contributed by atoms with van der Waals surface area (Å²) in [4.78, 5) is 133. The minimum atomic E-state index is -1.60. The third-order valence-electron chi connectivity index (χ3n) is 10.4. The third kappa shape index (κ3) is 13.8. The molecule has 0 radical (unpaired) electrons. The van der Waals surface area contributed by atoms with Gasteiger partial charge in [-0.25, -0.2) is 4.79 Å². The summed E-state index contributed by atoms with van der Waals surface area (Å²) in [7, 11) is 1.69. The van der Waals surface area contributed by atoms with Crippen LogP contribution in [0.15, 0.2) is 58.1 Å². The fraction of sp³-hybridized carbons (Fsp3) is 0.300. The number of amides is 4. The van der Waals surface area contributed by atoms with Crippen LogP contribution < -0.4 is 74.1 Å². The molecular formula is C40H44CaN14O14. The molecule has 4 atom stereocenters. The number of hydrogen-bond acceptors (Lipinski definition) is 20. The Morgan fingerprint density at radius 2 is 1.28 bits per heavy atom. The third-order valence-corrected chi connectivity index (χ3v) is 10.4. The van der Waals surface area contributed by atoms with E-state index in [2.05, 4.69) is 46.5 Å². The van der Waals surface area contributed by atoms with E-state index in [1.165, 1.54) is 34.1 Å². The molecule has 0 saturated heterocycles. The number of benzene rings is 2. The van der Waals surface area contributed by atoms with Gasteiger partial charge in [-0.05, 0) is 67.8 Å². The second-order valence-corrected chi connectivity index (χ2v) is 14.9. The van der Waals surface area contributed by atoms with Crippen LogP contribution in [0.2, 0.25) is 0 Å². The van der Waals surface area contributed by atoms with Gasteiger partial charge in [0.25, 0.3) is 11.8 Å². The molecule has 2 aliphatic rings. The predicted octanol–water partition coefficient (Wildman–Crippen LogP) is -4.53. The van der Waals surface area contributed by atoms with E-state index in [4.69, 9.17) is 16.6 Å². The zero-order chi connectivity index (χ0) is 49.8. The number of carbonyl (C=O) groups excluding carboxylic acids is 6. The number of carboxylic acid groups (broad SMARTS) is 4. The van der Waals surface area contributed by atoms with Gasteiger partial charge in [0.15, 0.2) is 11.4 Å². The van der Waals surface area contributed by atoms with Gasteiger partial charge in [0.2, 0.25) is 24.7 Å². The molecule has 4 amide bonds. The van der Waals surface area contributed by atoms with Gasteiger partial charge in [-0.1, -0.05) is 0 Å². The molecular weight excluding hydrogens is 941 g/mol. The molecule has 0 spiro atoms. The van der Waals surface area contributed by atoms with E-state index in [1.54, 1.807) is 36.2 Å². The SMILES string of the molecule is CN(c1ccc(C(=O)NC(CCC(=O)O)C(=O)O)cc1)[C@@H]1CNc2[nH]c(N)nc(=O)c2N1C=O.Nc1nc(=O)c2c([nH]1)NCC(CNc1ccc(C(=O)N[C@@H](CCC(=O)[O-])C(=O)[O-])cc1)N2C=O.[Ca+2]. The first-order chi connectivity index (χ1) is 32.3. The number of carboxylic acids is 4.